The Bertz CT molecular complexity index is 927. The van der Waals surface area contributed by atoms with Crippen LogP contribution in [0.2, 0.25) is 0 Å². The minimum Gasteiger partial charge on any atom is -0.336 e. The van der Waals surface area contributed by atoms with Crippen LogP contribution in [0.25, 0.3) is 0 Å². The molecule has 4 rings (SSSR count). The number of amides is 1. The van der Waals surface area contributed by atoms with Gasteiger partial charge in [-0.05, 0) is 25.0 Å². The highest BCUT2D eigenvalue weighted by Gasteiger charge is 2.29. The Morgan fingerprint density at radius 3 is 1.93 bits per heavy atom. The van der Waals surface area contributed by atoms with Gasteiger partial charge in [0.1, 0.15) is 5.82 Å². The van der Waals surface area contributed by atoms with Crippen molar-refractivity contribution in [2.45, 2.75) is 19.9 Å². The Morgan fingerprint density at radius 2 is 1.41 bits per heavy atom. The van der Waals surface area contributed by atoms with Gasteiger partial charge in [-0.3, -0.25) is 9.69 Å². The van der Waals surface area contributed by atoms with Crippen LogP contribution >= 0.6 is 0 Å². The first-order valence-electron chi connectivity index (χ1n) is 10.1. The molecule has 148 valence electrons. The summed E-state index contributed by atoms with van der Waals surface area (Å²) in [4.78, 5) is 25.9. The molecule has 5 nitrogen and oxygen atoms in total. The predicted octanol–water partition coefficient (Wildman–Crippen LogP) is 3.64. The van der Waals surface area contributed by atoms with Gasteiger partial charge in [-0.15, -0.1) is 0 Å². The average Bonchev–Trinajstić information content (AvgIpc) is 2.76. The summed E-state index contributed by atoms with van der Waals surface area (Å²) in [6.07, 6.45) is 1.66. The molecule has 29 heavy (non-hydrogen) atoms. The number of hydrogen-bond donors (Lipinski definition) is 0. The zero-order valence-corrected chi connectivity index (χ0v) is 17.0. The highest BCUT2D eigenvalue weighted by molar-refractivity contribution is 5.95. The van der Waals surface area contributed by atoms with E-state index in [1.807, 2.05) is 30.9 Å². The number of aromatic nitrogens is 2. The smallest absolute Gasteiger partial charge is 0.257 e. The van der Waals surface area contributed by atoms with Crippen molar-refractivity contribution in [3.05, 3.63) is 95.1 Å². The number of benzene rings is 2. The van der Waals surface area contributed by atoms with E-state index in [0.717, 1.165) is 18.8 Å². The van der Waals surface area contributed by atoms with E-state index in [1.165, 1.54) is 11.1 Å². The molecule has 1 aromatic heterocycles. The summed E-state index contributed by atoms with van der Waals surface area (Å²) in [5, 5.41) is 0. The first-order valence-corrected chi connectivity index (χ1v) is 10.1. The Hall–Kier alpha value is -3.05. The van der Waals surface area contributed by atoms with Crippen molar-refractivity contribution in [2.75, 3.05) is 26.2 Å². The third-order valence-corrected chi connectivity index (χ3v) is 5.53. The molecule has 1 amide bonds. The number of rotatable bonds is 4. The highest BCUT2D eigenvalue weighted by atomic mass is 16.2. The summed E-state index contributed by atoms with van der Waals surface area (Å²) >= 11 is 0. The molecule has 1 aliphatic rings. The molecule has 0 atom stereocenters. The molecule has 1 saturated heterocycles. The maximum absolute atomic E-state index is 13.0. The first-order chi connectivity index (χ1) is 14.1. The topological polar surface area (TPSA) is 49.3 Å². The summed E-state index contributed by atoms with van der Waals surface area (Å²) in [5.74, 6) is 0.718. The normalized spacial score (nSPS) is 14.9. The number of nitrogens with zero attached hydrogens (tertiary/aromatic N) is 4. The Balaban J connectivity index is 1.52. The number of carbonyl (C=O) groups excluding carboxylic acids is 1. The van der Waals surface area contributed by atoms with Gasteiger partial charge in [0, 0.05) is 32.4 Å². The molecule has 0 N–H and O–H groups in total. The summed E-state index contributed by atoms with van der Waals surface area (Å²) in [6.45, 7) is 6.76. The largest absolute Gasteiger partial charge is 0.336 e. The lowest BCUT2D eigenvalue weighted by Gasteiger charge is -2.39. The van der Waals surface area contributed by atoms with Gasteiger partial charge in [0.25, 0.3) is 5.91 Å². The standard InChI is InChI=1S/C24H26N4O/c1-18-22(17-25-19(2)26-18)24(29)28-15-13-27(14-16-28)23(20-9-5-3-6-10-20)21-11-7-4-8-12-21/h3-12,17,23H,13-16H2,1-2H3. The Labute approximate surface area is 172 Å². The Morgan fingerprint density at radius 1 is 0.862 bits per heavy atom. The number of hydrogen-bond acceptors (Lipinski definition) is 4. The number of piperazine rings is 1. The quantitative estimate of drug-likeness (QED) is 0.687. The number of carbonyl (C=O) groups is 1. The molecule has 0 unspecified atom stereocenters. The summed E-state index contributed by atoms with van der Waals surface area (Å²) in [6, 6.07) is 21.4. The van der Waals surface area contributed by atoms with Crippen LogP contribution in [0.3, 0.4) is 0 Å². The van der Waals surface area contributed by atoms with E-state index in [-0.39, 0.29) is 11.9 Å². The molecule has 1 fully saturated rings. The van der Waals surface area contributed by atoms with Gasteiger partial charge in [-0.2, -0.15) is 0 Å². The lowest BCUT2D eigenvalue weighted by atomic mass is 9.96. The van der Waals surface area contributed by atoms with Crippen LogP contribution in [0, 0.1) is 13.8 Å². The van der Waals surface area contributed by atoms with Crippen LogP contribution < -0.4 is 0 Å². The van der Waals surface area contributed by atoms with E-state index in [0.29, 0.717) is 24.5 Å². The molecule has 5 heteroatoms. The highest BCUT2D eigenvalue weighted by Crippen LogP contribution is 2.29. The molecular weight excluding hydrogens is 360 g/mol. The van der Waals surface area contributed by atoms with Crippen molar-refractivity contribution in [2.24, 2.45) is 0 Å². The van der Waals surface area contributed by atoms with E-state index in [1.54, 1.807) is 6.20 Å². The molecule has 0 saturated carbocycles. The third kappa shape index (κ3) is 4.20. The summed E-state index contributed by atoms with van der Waals surface area (Å²) in [7, 11) is 0. The van der Waals surface area contributed by atoms with Crippen molar-refractivity contribution in [3.63, 3.8) is 0 Å². The van der Waals surface area contributed by atoms with E-state index in [9.17, 15) is 4.79 Å². The molecule has 0 aliphatic carbocycles. The minimum atomic E-state index is 0.0260. The summed E-state index contributed by atoms with van der Waals surface area (Å²) < 4.78 is 0. The lowest BCUT2D eigenvalue weighted by Crippen LogP contribution is -2.50. The molecule has 0 bridgehead atoms. The second-order valence-corrected chi connectivity index (χ2v) is 7.47. The van der Waals surface area contributed by atoms with E-state index in [4.69, 9.17) is 0 Å². The van der Waals surface area contributed by atoms with Crippen molar-refractivity contribution in [3.8, 4) is 0 Å². The van der Waals surface area contributed by atoms with Gasteiger partial charge < -0.3 is 4.90 Å². The molecule has 2 heterocycles. The maximum atomic E-state index is 13.0. The van der Waals surface area contributed by atoms with E-state index in [2.05, 4.69) is 63.4 Å². The number of aryl methyl sites for hydroxylation is 2. The molecule has 2 aromatic carbocycles. The monoisotopic (exact) mass is 386 g/mol. The van der Waals surface area contributed by atoms with Crippen LogP contribution in [0.15, 0.2) is 66.9 Å². The van der Waals surface area contributed by atoms with Crippen LogP contribution in [-0.2, 0) is 0 Å². The van der Waals surface area contributed by atoms with E-state index >= 15 is 0 Å². The average molecular weight is 386 g/mol. The zero-order chi connectivity index (χ0) is 20.2. The lowest BCUT2D eigenvalue weighted by molar-refractivity contribution is 0.0595. The van der Waals surface area contributed by atoms with Gasteiger partial charge in [-0.25, -0.2) is 9.97 Å². The molecule has 0 radical (unpaired) electrons. The van der Waals surface area contributed by atoms with Gasteiger partial charge in [0.05, 0.1) is 17.3 Å². The fourth-order valence-corrected chi connectivity index (χ4v) is 4.03. The third-order valence-electron chi connectivity index (χ3n) is 5.53. The van der Waals surface area contributed by atoms with Crippen LogP contribution in [0.5, 0.6) is 0 Å². The second-order valence-electron chi connectivity index (χ2n) is 7.47. The fourth-order valence-electron chi connectivity index (χ4n) is 4.03. The molecular formula is C24H26N4O. The van der Waals surface area contributed by atoms with Crippen LogP contribution in [-0.4, -0.2) is 51.9 Å². The van der Waals surface area contributed by atoms with Gasteiger partial charge in [0.2, 0.25) is 0 Å². The molecule has 0 spiro atoms. The van der Waals surface area contributed by atoms with Crippen LogP contribution in [0.1, 0.15) is 39.0 Å². The SMILES string of the molecule is Cc1ncc(C(=O)N2CCN(C(c3ccccc3)c3ccccc3)CC2)c(C)n1. The predicted molar refractivity (Wildman–Crippen MR) is 114 cm³/mol. The molecule has 1 aliphatic heterocycles. The second kappa shape index (κ2) is 8.53. The fraction of sp³-hybridized carbons (Fsp3) is 0.292. The van der Waals surface area contributed by atoms with Gasteiger partial charge in [-0.1, -0.05) is 60.7 Å². The summed E-state index contributed by atoms with van der Waals surface area (Å²) in [5.41, 5.74) is 3.91. The van der Waals surface area contributed by atoms with Crippen molar-refractivity contribution < 1.29 is 4.79 Å². The van der Waals surface area contributed by atoms with Crippen molar-refractivity contribution in [1.29, 1.82) is 0 Å². The first kappa shape index (κ1) is 19.3. The maximum Gasteiger partial charge on any atom is 0.257 e. The zero-order valence-electron chi connectivity index (χ0n) is 17.0. The van der Waals surface area contributed by atoms with E-state index < -0.39 is 0 Å². The minimum absolute atomic E-state index is 0.0260. The molecule has 3 aromatic rings. The van der Waals surface area contributed by atoms with Crippen molar-refractivity contribution >= 4 is 5.91 Å². The Kier molecular flexibility index (Phi) is 5.67. The van der Waals surface area contributed by atoms with Gasteiger partial charge in [0.15, 0.2) is 0 Å². The van der Waals surface area contributed by atoms with Crippen LogP contribution in [0.4, 0.5) is 0 Å². The van der Waals surface area contributed by atoms with Crippen molar-refractivity contribution in [1.82, 2.24) is 19.8 Å². The van der Waals surface area contributed by atoms with Gasteiger partial charge >= 0.3 is 0 Å².